The lowest BCUT2D eigenvalue weighted by Gasteiger charge is -2.18. The van der Waals surface area contributed by atoms with Crippen molar-refractivity contribution in [2.75, 3.05) is 12.4 Å². The van der Waals surface area contributed by atoms with Crippen LogP contribution in [0.1, 0.15) is 26.3 Å². The third-order valence-corrected chi connectivity index (χ3v) is 3.21. The molecule has 1 nitrogen and oxygen atoms in total. The van der Waals surface area contributed by atoms with Gasteiger partial charge in [0.2, 0.25) is 0 Å². The first kappa shape index (κ1) is 11.6. The number of aliphatic hydroxyl groups is 1. The number of rotatable bonds is 3. The van der Waals surface area contributed by atoms with Gasteiger partial charge < -0.3 is 5.11 Å². The highest BCUT2D eigenvalue weighted by Crippen LogP contribution is 2.22. The summed E-state index contributed by atoms with van der Waals surface area (Å²) in [5.41, 5.74) is 1.59. The number of thiol groups is 1. The highest BCUT2D eigenvalue weighted by atomic mass is 32.2. The minimum absolute atomic E-state index is 0.229. The fraction of sp³-hybridized carbons (Fsp3) is 0.500. The standard InChI is InChI=1S/C12H18OS/c1-12(2,3)10-4-6-11(7-5-10)14-9-8-13/h4-7,13H,8-9H2,1-3H3/p+1. The van der Waals surface area contributed by atoms with Gasteiger partial charge in [0.1, 0.15) is 5.75 Å². The van der Waals surface area contributed by atoms with E-state index in [9.17, 15) is 0 Å². The Bertz CT molecular complexity index is 271. The highest BCUT2D eigenvalue weighted by Gasteiger charge is 2.13. The van der Waals surface area contributed by atoms with E-state index < -0.39 is 0 Å². The van der Waals surface area contributed by atoms with Crippen molar-refractivity contribution in [3.8, 4) is 0 Å². The smallest absolute Gasteiger partial charge is 0.152 e. The summed E-state index contributed by atoms with van der Waals surface area (Å²) in [4.78, 5) is 1.28. The van der Waals surface area contributed by atoms with E-state index in [1.54, 1.807) is 0 Å². The average Bonchev–Trinajstić information content (AvgIpc) is 2.14. The van der Waals surface area contributed by atoms with Gasteiger partial charge in [-0.2, -0.15) is 0 Å². The fourth-order valence-electron chi connectivity index (χ4n) is 1.25. The van der Waals surface area contributed by atoms with Crippen LogP contribution in [0, 0.1) is 0 Å². The van der Waals surface area contributed by atoms with Gasteiger partial charge >= 0.3 is 0 Å². The maximum Gasteiger partial charge on any atom is 0.152 e. The monoisotopic (exact) mass is 211 g/mol. The van der Waals surface area contributed by atoms with Gasteiger partial charge in [0.15, 0.2) is 4.90 Å². The maximum absolute atomic E-state index is 8.70. The molecule has 0 aromatic heterocycles. The van der Waals surface area contributed by atoms with E-state index in [1.807, 2.05) is 0 Å². The molecule has 2 heteroatoms. The minimum atomic E-state index is 0.229. The first-order chi connectivity index (χ1) is 6.54. The molecular weight excluding hydrogens is 192 g/mol. The molecular formula is C12H19OS+. The van der Waals surface area contributed by atoms with E-state index in [4.69, 9.17) is 5.11 Å². The zero-order valence-electron chi connectivity index (χ0n) is 9.12. The predicted octanol–water partition coefficient (Wildman–Crippen LogP) is 2.15. The lowest BCUT2D eigenvalue weighted by atomic mass is 9.87. The topological polar surface area (TPSA) is 20.2 Å². The lowest BCUT2D eigenvalue weighted by Crippen LogP contribution is -2.10. The third kappa shape index (κ3) is 3.35. The number of aliphatic hydroxyl groups excluding tert-OH is 1. The van der Waals surface area contributed by atoms with Gasteiger partial charge in [0.05, 0.1) is 6.61 Å². The van der Waals surface area contributed by atoms with Crippen LogP contribution in [0.4, 0.5) is 0 Å². The van der Waals surface area contributed by atoms with Gasteiger partial charge in [0, 0.05) is 11.8 Å². The number of hydrogen-bond acceptors (Lipinski definition) is 1. The summed E-state index contributed by atoms with van der Waals surface area (Å²) in [6, 6.07) is 8.66. The zero-order chi connectivity index (χ0) is 10.6. The SMILES string of the molecule is CC(C)(C)c1ccc([SH+]CCO)cc1. The quantitative estimate of drug-likeness (QED) is 0.600. The Morgan fingerprint density at radius 2 is 1.71 bits per heavy atom. The van der Waals surface area contributed by atoms with Crippen molar-refractivity contribution in [2.45, 2.75) is 31.1 Å². The zero-order valence-corrected chi connectivity index (χ0v) is 10.0. The Balaban J connectivity index is 2.69. The molecule has 78 valence electrons. The van der Waals surface area contributed by atoms with E-state index in [1.165, 1.54) is 22.2 Å². The Morgan fingerprint density at radius 3 is 2.14 bits per heavy atom. The molecule has 0 aliphatic heterocycles. The van der Waals surface area contributed by atoms with Crippen LogP contribution >= 0.6 is 0 Å². The third-order valence-electron chi connectivity index (χ3n) is 2.13. The summed E-state index contributed by atoms with van der Waals surface area (Å²) < 4.78 is 0. The van der Waals surface area contributed by atoms with Gasteiger partial charge in [-0.05, 0) is 23.1 Å². The van der Waals surface area contributed by atoms with Crippen LogP contribution in [0.15, 0.2) is 29.2 Å². The Hall–Kier alpha value is -0.470. The molecule has 0 aliphatic carbocycles. The van der Waals surface area contributed by atoms with Gasteiger partial charge in [0.25, 0.3) is 0 Å². The van der Waals surface area contributed by atoms with E-state index in [-0.39, 0.29) is 12.0 Å². The summed E-state index contributed by atoms with van der Waals surface area (Å²) in [6.45, 7) is 6.91. The normalized spacial score (nSPS) is 11.7. The van der Waals surface area contributed by atoms with Crippen molar-refractivity contribution < 1.29 is 5.11 Å². The fourth-order valence-corrected chi connectivity index (χ4v) is 1.96. The second-order valence-electron chi connectivity index (χ2n) is 4.40. The molecule has 0 aliphatic rings. The van der Waals surface area contributed by atoms with Gasteiger partial charge in [-0.25, -0.2) is 0 Å². The van der Waals surface area contributed by atoms with Crippen molar-refractivity contribution in [1.29, 1.82) is 0 Å². The van der Waals surface area contributed by atoms with Crippen molar-refractivity contribution in [3.05, 3.63) is 29.8 Å². The van der Waals surface area contributed by atoms with Crippen LogP contribution in [-0.4, -0.2) is 17.5 Å². The first-order valence-electron chi connectivity index (χ1n) is 4.93. The Labute approximate surface area is 90.5 Å². The molecule has 1 rings (SSSR count). The molecule has 0 bridgehead atoms. The van der Waals surface area contributed by atoms with E-state index in [0.717, 1.165) is 5.75 Å². The summed E-state index contributed by atoms with van der Waals surface area (Å²) >= 11 is 1.21. The van der Waals surface area contributed by atoms with E-state index >= 15 is 0 Å². The van der Waals surface area contributed by atoms with E-state index in [2.05, 4.69) is 45.0 Å². The molecule has 0 spiro atoms. The molecule has 14 heavy (non-hydrogen) atoms. The first-order valence-corrected chi connectivity index (χ1v) is 6.01. The summed E-state index contributed by atoms with van der Waals surface area (Å²) in [7, 11) is 0. The van der Waals surface area contributed by atoms with Crippen molar-refractivity contribution in [3.63, 3.8) is 0 Å². The molecule has 0 unspecified atom stereocenters. The van der Waals surface area contributed by atoms with Gasteiger partial charge in [-0.1, -0.05) is 32.9 Å². The predicted molar refractivity (Wildman–Crippen MR) is 64.1 cm³/mol. The molecule has 0 heterocycles. The number of hydrogen-bond donors (Lipinski definition) is 1. The molecule has 1 N–H and O–H groups in total. The summed E-state index contributed by atoms with van der Waals surface area (Å²) in [5.74, 6) is 0.828. The Kier molecular flexibility index (Phi) is 4.02. The molecule has 0 atom stereocenters. The minimum Gasteiger partial charge on any atom is -0.391 e. The molecule has 0 saturated carbocycles. The van der Waals surface area contributed by atoms with Crippen LogP contribution in [0.25, 0.3) is 0 Å². The van der Waals surface area contributed by atoms with E-state index in [0.29, 0.717) is 0 Å². The second-order valence-corrected chi connectivity index (χ2v) is 5.68. The van der Waals surface area contributed by atoms with Crippen LogP contribution in [-0.2, 0) is 17.2 Å². The van der Waals surface area contributed by atoms with Crippen molar-refractivity contribution in [2.24, 2.45) is 0 Å². The summed E-state index contributed by atoms with van der Waals surface area (Å²) in [6.07, 6.45) is 0. The highest BCUT2D eigenvalue weighted by molar-refractivity contribution is 7.78. The largest absolute Gasteiger partial charge is 0.391 e. The van der Waals surface area contributed by atoms with Gasteiger partial charge in [-0.15, -0.1) is 0 Å². The molecule has 1 aromatic carbocycles. The average molecular weight is 211 g/mol. The maximum atomic E-state index is 8.70. The van der Waals surface area contributed by atoms with Crippen LogP contribution in [0.5, 0.6) is 0 Å². The lowest BCUT2D eigenvalue weighted by molar-refractivity contribution is 0.322. The molecule has 0 saturated heterocycles. The molecule has 1 aromatic rings. The van der Waals surface area contributed by atoms with Crippen molar-refractivity contribution in [1.82, 2.24) is 0 Å². The van der Waals surface area contributed by atoms with Crippen molar-refractivity contribution >= 4 is 11.8 Å². The van der Waals surface area contributed by atoms with Crippen LogP contribution in [0.2, 0.25) is 0 Å². The molecule has 0 amide bonds. The van der Waals surface area contributed by atoms with Crippen LogP contribution in [0.3, 0.4) is 0 Å². The van der Waals surface area contributed by atoms with Crippen LogP contribution < -0.4 is 0 Å². The second kappa shape index (κ2) is 4.85. The number of benzene rings is 1. The van der Waals surface area contributed by atoms with Gasteiger partial charge in [-0.3, -0.25) is 0 Å². The molecule has 0 radical (unpaired) electrons. The summed E-state index contributed by atoms with van der Waals surface area (Å²) in [5, 5.41) is 8.70. The Morgan fingerprint density at radius 1 is 1.14 bits per heavy atom. The molecule has 0 fully saturated rings.